The summed E-state index contributed by atoms with van der Waals surface area (Å²) in [6, 6.07) is 8.31. The van der Waals surface area contributed by atoms with Crippen molar-refractivity contribution in [2.45, 2.75) is 37.8 Å². The lowest BCUT2D eigenvalue weighted by atomic mass is 9.85. The van der Waals surface area contributed by atoms with Crippen LogP contribution in [0.25, 0.3) is 0 Å². The summed E-state index contributed by atoms with van der Waals surface area (Å²) in [6.45, 7) is 2.47. The number of para-hydroxylation sites is 1. The van der Waals surface area contributed by atoms with Crippen LogP contribution in [-0.4, -0.2) is 41.4 Å². The fourth-order valence-corrected chi connectivity index (χ4v) is 4.17. The highest BCUT2D eigenvalue weighted by Crippen LogP contribution is 2.42. The van der Waals surface area contributed by atoms with Crippen LogP contribution in [0.5, 0.6) is 0 Å². The number of benzene rings is 1. The van der Waals surface area contributed by atoms with Gasteiger partial charge in [0, 0.05) is 24.4 Å². The molecule has 2 aliphatic rings. The number of hydrogen-bond acceptors (Lipinski definition) is 5. The van der Waals surface area contributed by atoms with Gasteiger partial charge in [0.25, 0.3) is 5.91 Å². The van der Waals surface area contributed by atoms with Crippen molar-refractivity contribution in [2.24, 2.45) is 5.73 Å². The Labute approximate surface area is 168 Å². The normalized spacial score (nSPS) is 24.0. The van der Waals surface area contributed by atoms with Gasteiger partial charge in [-0.1, -0.05) is 18.2 Å². The first-order chi connectivity index (χ1) is 14.0. The molecule has 0 spiro atoms. The van der Waals surface area contributed by atoms with Crippen LogP contribution in [0.15, 0.2) is 48.3 Å². The summed E-state index contributed by atoms with van der Waals surface area (Å²) < 4.78 is 20.4. The third kappa shape index (κ3) is 3.75. The van der Waals surface area contributed by atoms with Crippen molar-refractivity contribution in [3.63, 3.8) is 0 Å². The highest BCUT2D eigenvalue weighted by molar-refractivity contribution is 5.97. The van der Waals surface area contributed by atoms with Crippen LogP contribution in [0.2, 0.25) is 0 Å². The number of hydrogen-bond donors (Lipinski definition) is 2. The Bertz CT molecular complexity index is 945. The number of amides is 1. The van der Waals surface area contributed by atoms with Gasteiger partial charge in [-0.15, -0.1) is 0 Å². The maximum absolute atomic E-state index is 15.1. The first-order valence-electron chi connectivity index (χ1n) is 9.72. The van der Waals surface area contributed by atoms with Gasteiger partial charge in [-0.3, -0.25) is 9.78 Å². The van der Waals surface area contributed by atoms with E-state index in [2.05, 4.69) is 4.98 Å². The summed E-state index contributed by atoms with van der Waals surface area (Å²) in [5, 5.41) is 10.5. The molecular formula is C22H24FN3O3. The predicted octanol–water partition coefficient (Wildman–Crippen LogP) is 2.19. The topological polar surface area (TPSA) is 88.7 Å². The summed E-state index contributed by atoms with van der Waals surface area (Å²) in [5.74, 6) is -1.33. The molecule has 0 aliphatic carbocycles. The number of nitrogens with two attached hydrogens (primary N) is 1. The Hall–Kier alpha value is -2.77. The van der Waals surface area contributed by atoms with Crippen molar-refractivity contribution < 1.29 is 19.0 Å². The summed E-state index contributed by atoms with van der Waals surface area (Å²) in [5.41, 5.74) is 8.86. The summed E-state index contributed by atoms with van der Waals surface area (Å²) in [6.07, 6.45) is 3.75. The van der Waals surface area contributed by atoms with E-state index in [-0.39, 0.29) is 18.2 Å². The largest absolute Gasteiger partial charge is 0.389 e. The quantitative estimate of drug-likeness (QED) is 0.826. The van der Waals surface area contributed by atoms with Gasteiger partial charge in [0.15, 0.2) is 0 Å². The molecule has 1 aromatic carbocycles. The highest BCUT2D eigenvalue weighted by Gasteiger charge is 2.39. The molecule has 152 valence electrons. The van der Waals surface area contributed by atoms with E-state index in [1.165, 1.54) is 6.07 Å². The van der Waals surface area contributed by atoms with Gasteiger partial charge < -0.3 is 20.5 Å². The fraction of sp³-hybridized carbons (Fsp3) is 0.364. The monoisotopic (exact) mass is 397 g/mol. The van der Waals surface area contributed by atoms with E-state index >= 15 is 4.39 Å². The number of primary amides is 1. The summed E-state index contributed by atoms with van der Waals surface area (Å²) in [7, 11) is 0. The van der Waals surface area contributed by atoms with Crippen LogP contribution in [0.1, 0.15) is 29.2 Å². The molecule has 0 saturated carbocycles. The molecule has 0 radical (unpaired) electrons. The minimum Gasteiger partial charge on any atom is -0.389 e. The van der Waals surface area contributed by atoms with E-state index in [0.717, 1.165) is 16.8 Å². The predicted molar refractivity (Wildman–Crippen MR) is 107 cm³/mol. The molecule has 2 aliphatic heterocycles. The first kappa shape index (κ1) is 19.5. The molecule has 1 fully saturated rings. The molecule has 3 N–H and O–H groups in total. The average molecular weight is 397 g/mol. The van der Waals surface area contributed by atoms with Gasteiger partial charge in [-0.25, -0.2) is 4.39 Å². The SMILES string of the molecule is Cc1ccc(CC2C=C(C(N)=O)N([C@H]3CCOC[C@@H]3O)c3c(F)cccc32)cn1. The minimum atomic E-state index is -0.850. The highest BCUT2D eigenvalue weighted by atomic mass is 19.1. The van der Waals surface area contributed by atoms with Crippen LogP contribution >= 0.6 is 0 Å². The molecule has 3 heterocycles. The number of ether oxygens (including phenoxy) is 1. The van der Waals surface area contributed by atoms with Crippen molar-refractivity contribution in [1.82, 2.24) is 4.98 Å². The van der Waals surface area contributed by atoms with Crippen LogP contribution < -0.4 is 10.6 Å². The molecule has 3 atom stereocenters. The second-order valence-electron chi connectivity index (χ2n) is 7.58. The van der Waals surface area contributed by atoms with Crippen molar-refractivity contribution in [3.8, 4) is 0 Å². The summed E-state index contributed by atoms with van der Waals surface area (Å²) in [4.78, 5) is 18.2. The number of aliphatic hydroxyl groups excluding tert-OH is 1. The van der Waals surface area contributed by atoms with E-state index < -0.39 is 23.9 Å². The third-order valence-electron chi connectivity index (χ3n) is 5.58. The lowest BCUT2D eigenvalue weighted by Crippen LogP contribution is -2.52. The van der Waals surface area contributed by atoms with Crippen molar-refractivity contribution >= 4 is 11.6 Å². The Morgan fingerprint density at radius 3 is 2.90 bits per heavy atom. The van der Waals surface area contributed by atoms with Crippen LogP contribution in [0.4, 0.5) is 10.1 Å². The Morgan fingerprint density at radius 1 is 1.38 bits per heavy atom. The molecule has 1 amide bonds. The third-order valence-corrected chi connectivity index (χ3v) is 5.58. The molecule has 7 heteroatoms. The average Bonchev–Trinajstić information content (AvgIpc) is 2.70. The maximum atomic E-state index is 15.1. The maximum Gasteiger partial charge on any atom is 0.265 e. The van der Waals surface area contributed by atoms with Crippen LogP contribution in [-0.2, 0) is 16.0 Å². The van der Waals surface area contributed by atoms with Crippen LogP contribution in [0, 0.1) is 12.7 Å². The standard InChI is InChI=1S/C22H24FN3O3/c1-13-5-6-14(11-25-13)9-15-10-19(22(24)28)26(18-7-8-29-12-20(18)27)21-16(15)3-2-4-17(21)23/h2-6,10-11,15,18,20,27H,7-9,12H2,1H3,(H2,24,28)/t15?,18-,20-/m0/s1. The van der Waals surface area contributed by atoms with Gasteiger partial charge in [0.05, 0.1) is 24.4 Å². The fourth-order valence-electron chi connectivity index (χ4n) is 4.17. The molecule has 1 saturated heterocycles. The molecule has 6 nitrogen and oxygen atoms in total. The van der Waals surface area contributed by atoms with E-state index in [1.54, 1.807) is 23.2 Å². The minimum absolute atomic E-state index is 0.134. The van der Waals surface area contributed by atoms with Gasteiger partial charge >= 0.3 is 0 Å². The number of carbonyl (C=O) groups is 1. The lowest BCUT2D eigenvalue weighted by molar-refractivity contribution is -0.114. The van der Waals surface area contributed by atoms with Crippen LogP contribution in [0.3, 0.4) is 0 Å². The Kier molecular flexibility index (Phi) is 5.34. The first-order valence-corrected chi connectivity index (χ1v) is 9.72. The van der Waals surface area contributed by atoms with Crippen molar-refractivity contribution in [3.05, 3.63) is 70.9 Å². The van der Waals surface area contributed by atoms with E-state index in [4.69, 9.17) is 10.5 Å². The number of aryl methyl sites for hydroxylation is 1. The number of aromatic nitrogens is 1. The zero-order valence-electron chi connectivity index (χ0n) is 16.2. The molecule has 1 aromatic heterocycles. The number of carbonyl (C=O) groups excluding carboxylic acids is 1. The van der Waals surface area contributed by atoms with Gasteiger partial charge in [-0.2, -0.15) is 0 Å². The number of rotatable bonds is 4. The summed E-state index contributed by atoms with van der Waals surface area (Å²) >= 11 is 0. The van der Waals surface area contributed by atoms with Gasteiger partial charge in [-0.05, 0) is 49.1 Å². The zero-order chi connectivity index (χ0) is 20.5. The zero-order valence-corrected chi connectivity index (χ0v) is 16.2. The number of allylic oxidation sites excluding steroid dienone is 1. The lowest BCUT2D eigenvalue weighted by Gasteiger charge is -2.43. The van der Waals surface area contributed by atoms with Crippen molar-refractivity contribution in [2.75, 3.05) is 18.1 Å². The molecule has 4 rings (SSSR count). The van der Waals surface area contributed by atoms with E-state index in [9.17, 15) is 9.90 Å². The number of fused-ring (bicyclic) bond motifs is 1. The number of pyridine rings is 1. The molecule has 1 unspecified atom stereocenters. The second-order valence-corrected chi connectivity index (χ2v) is 7.58. The van der Waals surface area contributed by atoms with E-state index in [1.807, 2.05) is 25.1 Å². The molecule has 0 bridgehead atoms. The number of halogens is 1. The second kappa shape index (κ2) is 7.93. The molecule has 29 heavy (non-hydrogen) atoms. The van der Waals surface area contributed by atoms with Gasteiger partial charge in [0.1, 0.15) is 11.5 Å². The number of anilines is 1. The number of nitrogens with zero attached hydrogens (tertiary/aromatic N) is 2. The smallest absolute Gasteiger partial charge is 0.265 e. The molecule has 2 aromatic rings. The number of aliphatic hydroxyl groups is 1. The Morgan fingerprint density at radius 2 is 2.21 bits per heavy atom. The van der Waals surface area contributed by atoms with Gasteiger partial charge in [0.2, 0.25) is 0 Å². The van der Waals surface area contributed by atoms with Crippen molar-refractivity contribution in [1.29, 1.82) is 0 Å². The Balaban J connectivity index is 1.80. The van der Waals surface area contributed by atoms with E-state index in [0.29, 0.717) is 25.1 Å². The molecular weight excluding hydrogens is 373 g/mol.